The lowest BCUT2D eigenvalue weighted by atomic mass is 10.0. The number of rotatable bonds is 2. The Morgan fingerprint density at radius 2 is 1.94 bits per heavy atom. The predicted molar refractivity (Wildman–Crippen MR) is 61.7 cm³/mol. The quantitative estimate of drug-likeness (QED) is 0.819. The van der Waals surface area contributed by atoms with Crippen LogP contribution in [0.5, 0.6) is 0 Å². The van der Waals surface area contributed by atoms with Gasteiger partial charge < -0.3 is 5.32 Å². The second-order valence-corrected chi connectivity index (χ2v) is 4.78. The first-order valence-electron chi connectivity index (χ1n) is 6.06. The highest BCUT2D eigenvalue weighted by Gasteiger charge is 2.32. The smallest absolute Gasteiger partial charge is 0.123 e. The lowest BCUT2D eigenvalue weighted by molar-refractivity contribution is 0.192. The largest absolute Gasteiger partial charge is 0.308 e. The maximum absolute atomic E-state index is 12.8. The zero-order valence-corrected chi connectivity index (χ0v) is 9.32. The van der Waals surface area contributed by atoms with Crippen molar-refractivity contribution in [2.75, 3.05) is 19.6 Å². The molecule has 3 heteroatoms. The van der Waals surface area contributed by atoms with E-state index in [0.717, 1.165) is 25.7 Å². The van der Waals surface area contributed by atoms with E-state index in [1.54, 1.807) is 12.1 Å². The Balaban J connectivity index is 1.71. The Bertz CT molecular complexity index is 359. The molecule has 1 heterocycles. The van der Waals surface area contributed by atoms with Crippen LogP contribution in [-0.4, -0.2) is 30.6 Å². The second kappa shape index (κ2) is 4.15. The summed E-state index contributed by atoms with van der Waals surface area (Å²) >= 11 is 0. The molecule has 1 aliphatic carbocycles. The van der Waals surface area contributed by atoms with Gasteiger partial charge in [-0.3, -0.25) is 4.90 Å². The van der Waals surface area contributed by atoms with Crippen LogP contribution in [0.4, 0.5) is 4.39 Å². The van der Waals surface area contributed by atoms with Crippen molar-refractivity contribution in [3.05, 3.63) is 35.6 Å². The van der Waals surface area contributed by atoms with Crippen molar-refractivity contribution in [2.45, 2.75) is 24.9 Å². The van der Waals surface area contributed by atoms with E-state index in [4.69, 9.17) is 0 Å². The highest BCUT2D eigenvalue weighted by Crippen LogP contribution is 2.30. The van der Waals surface area contributed by atoms with E-state index in [1.807, 2.05) is 12.1 Å². The fraction of sp³-hybridized carbons (Fsp3) is 0.538. The molecule has 1 saturated carbocycles. The molecule has 1 aromatic carbocycles. The normalized spacial score (nSPS) is 26.9. The molecule has 1 N–H and O–H groups in total. The van der Waals surface area contributed by atoms with Gasteiger partial charge in [-0.25, -0.2) is 4.39 Å². The molecule has 16 heavy (non-hydrogen) atoms. The summed E-state index contributed by atoms with van der Waals surface area (Å²) in [6.45, 7) is 3.26. The third-order valence-electron chi connectivity index (χ3n) is 3.54. The average Bonchev–Trinajstić information content (AvgIpc) is 3.14. The molecular weight excluding hydrogens is 203 g/mol. The number of nitrogens with one attached hydrogen (secondary N) is 1. The number of piperazine rings is 1. The Kier molecular flexibility index (Phi) is 2.65. The van der Waals surface area contributed by atoms with Crippen molar-refractivity contribution in [1.82, 2.24) is 10.2 Å². The average molecular weight is 220 g/mol. The maximum atomic E-state index is 12.8. The summed E-state index contributed by atoms with van der Waals surface area (Å²) in [5.41, 5.74) is 1.20. The van der Waals surface area contributed by atoms with Crippen LogP contribution >= 0.6 is 0 Å². The molecule has 1 atom stereocenters. The van der Waals surface area contributed by atoms with E-state index in [0.29, 0.717) is 6.04 Å². The van der Waals surface area contributed by atoms with Gasteiger partial charge in [-0.1, -0.05) is 12.1 Å². The number of nitrogens with zero attached hydrogens (tertiary/aromatic N) is 1. The van der Waals surface area contributed by atoms with Gasteiger partial charge in [0, 0.05) is 31.7 Å². The summed E-state index contributed by atoms with van der Waals surface area (Å²) in [7, 11) is 0. The first-order valence-corrected chi connectivity index (χ1v) is 6.06. The summed E-state index contributed by atoms with van der Waals surface area (Å²) in [5.74, 6) is -0.154. The molecule has 0 radical (unpaired) electrons. The van der Waals surface area contributed by atoms with Gasteiger partial charge in [0.05, 0.1) is 0 Å². The van der Waals surface area contributed by atoms with Crippen LogP contribution in [-0.2, 0) is 0 Å². The molecular formula is C13H17FN2. The van der Waals surface area contributed by atoms with Crippen molar-refractivity contribution in [1.29, 1.82) is 0 Å². The molecule has 0 spiro atoms. The predicted octanol–water partition coefficient (Wildman–Crippen LogP) is 1.93. The molecule has 3 rings (SSSR count). The van der Waals surface area contributed by atoms with Crippen LogP contribution in [0.25, 0.3) is 0 Å². The van der Waals surface area contributed by atoms with Gasteiger partial charge in [0.2, 0.25) is 0 Å². The van der Waals surface area contributed by atoms with E-state index in [1.165, 1.54) is 18.4 Å². The zero-order valence-electron chi connectivity index (χ0n) is 9.32. The summed E-state index contributed by atoms with van der Waals surface area (Å²) in [6, 6.07) is 8.08. The topological polar surface area (TPSA) is 15.3 Å². The Morgan fingerprint density at radius 3 is 2.62 bits per heavy atom. The van der Waals surface area contributed by atoms with Crippen molar-refractivity contribution in [3.63, 3.8) is 0 Å². The molecule has 1 saturated heterocycles. The van der Waals surface area contributed by atoms with E-state index < -0.39 is 0 Å². The molecule has 2 fully saturated rings. The van der Waals surface area contributed by atoms with Crippen LogP contribution < -0.4 is 5.32 Å². The number of benzene rings is 1. The molecule has 0 amide bonds. The standard InChI is InChI=1S/C13H17FN2/c14-11-3-1-10(2-4-11)13-9-16(8-7-15-13)12-5-6-12/h1-4,12-13,15H,5-9H2. The van der Waals surface area contributed by atoms with Crippen molar-refractivity contribution < 1.29 is 4.39 Å². The van der Waals surface area contributed by atoms with Crippen LogP contribution in [0.1, 0.15) is 24.4 Å². The first-order chi connectivity index (χ1) is 7.83. The molecule has 0 aromatic heterocycles. The Labute approximate surface area is 95.4 Å². The number of hydrogen-bond acceptors (Lipinski definition) is 2. The molecule has 2 aliphatic rings. The van der Waals surface area contributed by atoms with Gasteiger partial charge in [-0.2, -0.15) is 0 Å². The van der Waals surface area contributed by atoms with Crippen molar-refractivity contribution in [3.8, 4) is 0 Å². The minimum atomic E-state index is -0.154. The van der Waals surface area contributed by atoms with E-state index in [9.17, 15) is 4.39 Å². The summed E-state index contributed by atoms with van der Waals surface area (Å²) < 4.78 is 12.8. The fourth-order valence-electron chi connectivity index (χ4n) is 2.46. The van der Waals surface area contributed by atoms with Gasteiger partial charge >= 0.3 is 0 Å². The SMILES string of the molecule is Fc1ccc(C2CN(C3CC3)CCN2)cc1. The Hall–Kier alpha value is -0.930. The zero-order chi connectivity index (χ0) is 11.0. The summed E-state index contributed by atoms with van der Waals surface area (Å²) in [4.78, 5) is 2.56. The van der Waals surface area contributed by atoms with Gasteiger partial charge in [0.15, 0.2) is 0 Å². The monoisotopic (exact) mass is 220 g/mol. The Morgan fingerprint density at radius 1 is 1.19 bits per heavy atom. The van der Waals surface area contributed by atoms with E-state index in [-0.39, 0.29) is 5.82 Å². The number of halogens is 1. The molecule has 2 nitrogen and oxygen atoms in total. The number of hydrogen-bond donors (Lipinski definition) is 1. The molecule has 0 bridgehead atoms. The van der Waals surface area contributed by atoms with Gasteiger partial charge in [0.1, 0.15) is 5.82 Å². The maximum Gasteiger partial charge on any atom is 0.123 e. The molecule has 1 unspecified atom stereocenters. The van der Waals surface area contributed by atoms with Crippen LogP contribution in [0.2, 0.25) is 0 Å². The van der Waals surface area contributed by atoms with Crippen LogP contribution in [0.3, 0.4) is 0 Å². The molecule has 86 valence electrons. The van der Waals surface area contributed by atoms with Gasteiger partial charge in [-0.15, -0.1) is 0 Å². The van der Waals surface area contributed by atoms with Crippen LogP contribution in [0.15, 0.2) is 24.3 Å². The minimum Gasteiger partial charge on any atom is -0.308 e. The van der Waals surface area contributed by atoms with Crippen molar-refractivity contribution >= 4 is 0 Å². The fourth-order valence-corrected chi connectivity index (χ4v) is 2.46. The summed E-state index contributed by atoms with van der Waals surface area (Å²) in [6.07, 6.45) is 2.71. The van der Waals surface area contributed by atoms with Crippen molar-refractivity contribution in [2.24, 2.45) is 0 Å². The second-order valence-electron chi connectivity index (χ2n) is 4.78. The van der Waals surface area contributed by atoms with Gasteiger partial charge in [-0.05, 0) is 30.5 Å². The van der Waals surface area contributed by atoms with E-state index >= 15 is 0 Å². The third kappa shape index (κ3) is 2.11. The van der Waals surface area contributed by atoms with Gasteiger partial charge in [0.25, 0.3) is 0 Å². The lowest BCUT2D eigenvalue weighted by Crippen LogP contribution is -2.46. The highest BCUT2D eigenvalue weighted by atomic mass is 19.1. The summed E-state index contributed by atoms with van der Waals surface area (Å²) in [5, 5.41) is 3.50. The third-order valence-corrected chi connectivity index (χ3v) is 3.54. The molecule has 1 aliphatic heterocycles. The highest BCUT2D eigenvalue weighted by molar-refractivity contribution is 5.21. The van der Waals surface area contributed by atoms with E-state index in [2.05, 4.69) is 10.2 Å². The minimum absolute atomic E-state index is 0.154. The molecule has 1 aromatic rings. The lowest BCUT2D eigenvalue weighted by Gasteiger charge is -2.34. The first kappa shape index (κ1) is 10.2. The van der Waals surface area contributed by atoms with Crippen LogP contribution in [0, 0.1) is 5.82 Å².